The molecule has 8 rings (SSSR count). The Morgan fingerprint density at radius 2 is 1.63 bits per heavy atom. The first-order chi connectivity index (χ1) is 37.2. The van der Waals surface area contributed by atoms with Gasteiger partial charge in [0.2, 0.25) is 29.5 Å². The number of benzene rings is 2. The lowest BCUT2D eigenvalue weighted by molar-refractivity contribution is -0.172. The van der Waals surface area contributed by atoms with Gasteiger partial charge in [-0.25, -0.2) is 14.2 Å². The average Bonchev–Trinajstić information content (AvgIpc) is 4.15. The van der Waals surface area contributed by atoms with Crippen molar-refractivity contribution in [3.63, 3.8) is 0 Å². The number of pyridine rings is 2. The molecule has 0 saturated heterocycles. The number of imide groups is 1. The number of carboxylic acids is 1. The number of nitrogens with one attached hydrogen (secondary N) is 7. The number of hydrogen-bond donors (Lipinski definition) is 10. The quantitative estimate of drug-likeness (QED) is 0.0191. The Bertz CT molecular complexity index is 3210. The molecule has 7 amide bonds. The summed E-state index contributed by atoms with van der Waals surface area (Å²) < 4.78 is 27.9. The molecule has 0 radical (unpaired) electrons. The van der Waals surface area contributed by atoms with Crippen LogP contribution in [-0.2, 0) is 84.2 Å². The van der Waals surface area contributed by atoms with Crippen LogP contribution in [0.1, 0.15) is 71.7 Å². The molecule has 0 fully saturated rings. The van der Waals surface area contributed by atoms with E-state index in [1.54, 1.807) is 50.2 Å². The maximum absolute atomic E-state index is 15.4. The molecule has 412 valence electrons. The van der Waals surface area contributed by atoms with Crippen LogP contribution in [0, 0.1) is 12.7 Å². The fraction of sp³-hybridized carbons (Fsp3) is 0.404. The second-order valence-electron chi connectivity index (χ2n) is 19.1. The molecule has 25 nitrogen and oxygen atoms in total. The van der Waals surface area contributed by atoms with Gasteiger partial charge in [0.1, 0.15) is 36.8 Å². The van der Waals surface area contributed by atoms with Crippen LogP contribution < -0.4 is 42.8 Å². The molecule has 4 aromatic rings. The Morgan fingerprint density at radius 1 is 0.910 bits per heavy atom. The average molecular weight is 1080 g/mol. The molecule has 1 aliphatic carbocycles. The topological polar surface area (TPSA) is 355 Å². The van der Waals surface area contributed by atoms with Gasteiger partial charge in [0.25, 0.3) is 17.4 Å². The van der Waals surface area contributed by atoms with E-state index in [1.807, 2.05) is 0 Å². The van der Waals surface area contributed by atoms with Crippen molar-refractivity contribution in [1.82, 2.24) is 51.7 Å². The van der Waals surface area contributed by atoms with E-state index in [1.165, 1.54) is 17.6 Å². The number of esters is 1. The van der Waals surface area contributed by atoms with Gasteiger partial charge in [-0.05, 0) is 61.4 Å². The number of ether oxygens (including phenoxy) is 2. The molecular weight excluding hydrogens is 1020 g/mol. The van der Waals surface area contributed by atoms with Crippen LogP contribution in [0.5, 0.6) is 0 Å². The fourth-order valence-corrected chi connectivity index (χ4v) is 9.89. The van der Waals surface area contributed by atoms with E-state index in [9.17, 15) is 58.2 Å². The molecule has 6 atom stereocenters. The van der Waals surface area contributed by atoms with E-state index >= 15 is 4.39 Å². The molecule has 5 heterocycles. The first kappa shape index (κ1) is 55.9. The Balaban J connectivity index is 0.848. The van der Waals surface area contributed by atoms with E-state index in [0.717, 1.165) is 12.2 Å². The number of carboxylic acid groups (broad SMARTS) is 1. The zero-order chi connectivity index (χ0) is 56.2. The molecule has 0 spiro atoms. The molecule has 0 saturated carbocycles. The highest BCUT2D eigenvalue weighted by atomic mass is 19.1. The van der Waals surface area contributed by atoms with Gasteiger partial charge in [-0.2, -0.15) is 0 Å². The zero-order valence-corrected chi connectivity index (χ0v) is 42.5. The number of aliphatic hydroxyl groups excluding tert-OH is 1. The minimum absolute atomic E-state index is 0.00706. The predicted octanol–water partition coefficient (Wildman–Crippen LogP) is -2.05. The molecule has 2 aromatic carbocycles. The van der Waals surface area contributed by atoms with E-state index in [4.69, 9.17) is 19.6 Å². The van der Waals surface area contributed by atoms with E-state index in [-0.39, 0.29) is 43.9 Å². The summed E-state index contributed by atoms with van der Waals surface area (Å²) in [6.45, 7) is 1.32. The number of aliphatic carboxylic acids is 1. The third kappa shape index (κ3) is 11.7. The number of carbonyl (C=O) groups is 9. The van der Waals surface area contributed by atoms with Gasteiger partial charge in [0.15, 0.2) is 5.60 Å². The summed E-state index contributed by atoms with van der Waals surface area (Å²) in [5, 5.41) is 49.5. The maximum Gasteiger partial charge on any atom is 0.343 e. The van der Waals surface area contributed by atoms with Crippen LogP contribution in [0.25, 0.3) is 22.3 Å². The number of amides is 7. The molecular formula is C52H57FN10O15. The van der Waals surface area contributed by atoms with Crippen LogP contribution in [0.15, 0.2) is 59.4 Å². The summed E-state index contributed by atoms with van der Waals surface area (Å²) in [6, 6.07) is 8.12. The van der Waals surface area contributed by atoms with E-state index < -0.39 is 133 Å². The predicted molar refractivity (Wildman–Crippen MR) is 269 cm³/mol. The number of halogens is 1. The Hall–Kier alpha value is -8.30. The molecule has 2 aromatic heterocycles. The van der Waals surface area contributed by atoms with Crippen LogP contribution in [-0.4, -0.2) is 147 Å². The minimum Gasteiger partial charge on any atom is -0.480 e. The molecule has 0 bridgehead atoms. The maximum atomic E-state index is 15.4. The van der Waals surface area contributed by atoms with Crippen LogP contribution in [0.4, 0.5) is 4.39 Å². The van der Waals surface area contributed by atoms with Crippen molar-refractivity contribution in [2.24, 2.45) is 0 Å². The lowest BCUT2D eigenvalue weighted by Crippen LogP contribution is -2.56. The number of cyclic esters (lactones) is 1. The standard InChI is InChI=1S/C52H57FN10O15/c1-4-52(76)31-15-36-46-29(22-62(36)50(74)30(31)23-77-51(52)75)45-33(11-10-28-25(2)32(53)16-34(60-46)44(28)45)61-47(71)26(3)78-24-58-39(65)19-56-48(72)35(14-27-8-6-5-7-9-27)59-40(66)20-55-38(64)18-57-49(73)37(17-54-21-43(69)70)63-41(67)12-13-42(63)68/h5-9,12-13,15-16,26,33,35,37,39,54,58,65,76H,4,10-11,14,17-24H2,1-3H3,(H,55,64)(H,56,72)(H,57,73)(H,59,66)(H,61,71)(H,69,70)/t26-,33+,35+,37+,39?,52+/m1/s1. The van der Waals surface area contributed by atoms with E-state index in [0.29, 0.717) is 67.8 Å². The van der Waals surface area contributed by atoms with E-state index in [2.05, 4.69) is 37.2 Å². The third-order valence-corrected chi connectivity index (χ3v) is 14.1. The smallest absolute Gasteiger partial charge is 0.343 e. The van der Waals surface area contributed by atoms with Crippen molar-refractivity contribution in [3.05, 3.63) is 110 Å². The highest BCUT2D eigenvalue weighted by molar-refractivity contribution is 6.15. The molecule has 10 N–H and O–H groups in total. The first-order valence-corrected chi connectivity index (χ1v) is 25.0. The van der Waals surface area contributed by atoms with Gasteiger partial charge in [-0.1, -0.05) is 37.3 Å². The summed E-state index contributed by atoms with van der Waals surface area (Å²) >= 11 is 0. The van der Waals surface area contributed by atoms with Gasteiger partial charge in [-0.15, -0.1) is 0 Å². The summed E-state index contributed by atoms with van der Waals surface area (Å²) in [4.78, 5) is 134. The Kier molecular flexibility index (Phi) is 16.9. The SMILES string of the molecule is CC[C@@]1(O)C(=O)OCc2c1cc1n(c2=O)Cc2c-1nc1cc(F)c(C)c3c1c2[C@@H](NC(=O)[C@@H](C)OCNC(O)CNC(=O)[C@H](Cc1ccccc1)NC(=O)CNC(=O)CNC(=O)[C@H](CNCC(=O)O)N1C(=O)C=CC1=O)CC3. The van der Waals surface area contributed by atoms with Gasteiger partial charge < -0.3 is 61.3 Å². The number of rotatable bonds is 23. The number of fused-ring (bicyclic) bond motifs is 5. The van der Waals surface area contributed by atoms with Crippen molar-refractivity contribution >= 4 is 64.2 Å². The monoisotopic (exact) mass is 1080 g/mol. The largest absolute Gasteiger partial charge is 0.480 e. The number of aliphatic hydroxyl groups is 2. The van der Waals surface area contributed by atoms with Crippen molar-refractivity contribution in [2.75, 3.05) is 39.5 Å². The molecule has 4 aliphatic rings. The van der Waals surface area contributed by atoms with Crippen molar-refractivity contribution in [3.8, 4) is 11.4 Å². The zero-order valence-electron chi connectivity index (χ0n) is 42.5. The molecule has 26 heteroatoms. The number of aryl methyl sites for hydroxylation is 1. The fourth-order valence-electron chi connectivity index (χ4n) is 9.89. The van der Waals surface area contributed by atoms with Gasteiger partial charge >= 0.3 is 11.9 Å². The molecule has 78 heavy (non-hydrogen) atoms. The summed E-state index contributed by atoms with van der Waals surface area (Å²) in [7, 11) is 0. The normalized spacial score (nSPS) is 18.5. The highest BCUT2D eigenvalue weighted by Gasteiger charge is 2.46. The number of carbonyl (C=O) groups excluding carboxylic acids is 8. The second kappa shape index (κ2) is 23.5. The van der Waals surface area contributed by atoms with Crippen LogP contribution in [0.3, 0.4) is 0 Å². The minimum atomic E-state index is -2.07. The Labute approximate surface area is 443 Å². The molecule has 3 aliphatic heterocycles. The Morgan fingerprint density at radius 3 is 2.33 bits per heavy atom. The summed E-state index contributed by atoms with van der Waals surface area (Å²) in [5.41, 5.74) is 1.70. The number of nitrogens with zero attached hydrogens (tertiary/aromatic N) is 3. The van der Waals surface area contributed by atoms with Crippen molar-refractivity contribution < 1.29 is 72.3 Å². The highest BCUT2D eigenvalue weighted by Crippen LogP contribution is 2.46. The molecule has 1 unspecified atom stereocenters. The van der Waals surface area contributed by atoms with Gasteiger partial charge in [0.05, 0.1) is 68.0 Å². The lowest BCUT2D eigenvalue weighted by Gasteiger charge is -2.31. The second-order valence-corrected chi connectivity index (χ2v) is 19.1. The van der Waals surface area contributed by atoms with Crippen molar-refractivity contribution in [2.45, 2.75) is 95.7 Å². The third-order valence-electron chi connectivity index (χ3n) is 14.1. The van der Waals surface area contributed by atoms with Crippen LogP contribution >= 0.6 is 0 Å². The summed E-state index contributed by atoms with van der Waals surface area (Å²) in [6.07, 6.45) is 0.0170. The lowest BCUT2D eigenvalue weighted by atomic mass is 9.81. The summed E-state index contributed by atoms with van der Waals surface area (Å²) in [5.74, 6) is -8.14. The van der Waals surface area contributed by atoms with Crippen molar-refractivity contribution in [1.29, 1.82) is 0 Å². The van der Waals surface area contributed by atoms with Gasteiger partial charge in [-0.3, -0.25) is 53.4 Å². The first-order valence-electron chi connectivity index (χ1n) is 25.0. The number of aromatic nitrogens is 2. The number of hydrogen-bond acceptors (Lipinski definition) is 17. The van der Waals surface area contributed by atoms with Crippen LogP contribution in [0.2, 0.25) is 0 Å². The van der Waals surface area contributed by atoms with Gasteiger partial charge in [0, 0.05) is 47.7 Å².